The zero-order valence-electron chi connectivity index (χ0n) is 18.0. The molecule has 3 nitrogen and oxygen atoms in total. The molecule has 2 aromatic rings. The minimum Gasteiger partial charge on any atom is -0.318 e. The highest BCUT2D eigenvalue weighted by Gasteiger charge is 2.22. The third-order valence-electron chi connectivity index (χ3n) is 5.22. The summed E-state index contributed by atoms with van der Waals surface area (Å²) in [5.74, 6) is -0.0388. The number of hydrogen-bond acceptors (Lipinski definition) is 3. The van der Waals surface area contributed by atoms with Gasteiger partial charge in [0.1, 0.15) is 7.80 Å². The molecular formula is C24H31O3P. The van der Waals surface area contributed by atoms with Crippen molar-refractivity contribution >= 4 is 19.1 Å². The van der Waals surface area contributed by atoms with Gasteiger partial charge in [-0.2, -0.15) is 0 Å². The fourth-order valence-corrected chi connectivity index (χ4v) is 4.97. The molecule has 0 aliphatic carbocycles. The lowest BCUT2D eigenvalue weighted by molar-refractivity contribution is 0.0988. The predicted molar refractivity (Wildman–Crippen MR) is 118 cm³/mol. The number of ketones is 1. The molecule has 0 radical (unpaired) electrons. The average molecular weight is 398 g/mol. The van der Waals surface area contributed by atoms with Crippen molar-refractivity contribution in [2.24, 2.45) is 0 Å². The van der Waals surface area contributed by atoms with Crippen molar-refractivity contribution < 1.29 is 14.2 Å². The van der Waals surface area contributed by atoms with Gasteiger partial charge >= 0.3 is 0 Å². The SMILES string of the molecule is Cc1cc(C(C)(C)C)cc(C)c1C(=O)CC[PH](=O)C(=O)c1c(C)cccc1C. The lowest BCUT2D eigenvalue weighted by atomic mass is 9.83. The van der Waals surface area contributed by atoms with E-state index >= 15 is 0 Å². The van der Waals surface area contributed by atoms with E-state index in [1.54, 1.807) is 0 Å². The first-order valence-electron chi connectivity index (χ1n) is 9.72. The van der Waals surface area contributed by atoms with Crippen molar-refractivity contribution in [3.63, 3.8) is 0 Å². The van der Waals surface area contributed by atoms with E-state index in [1.165, 1.54) is 5.56 Å². The molecule has 1 atom stereocenters. The van der Waals surface area contributed by atoms with Crippen LogP contribution in [0.2, 0.25) is 0 Å². The standard InChI is InChI=1S/C24H31O3P/c1-15-9-8-10-16(2)22(15)23(26)28(27)12-11-20(25)21-17(3)13-19(14-18(21)4)24(5,6)7/h8-10,13-14,28H,11-12H2,1-7H3. The summed E-state index contributed by atoms with van der Waals surface area (Å²) >= 11 is 0. The Morgan fingerprint density at radius 3 is 1.82 bits per heavy atom. The molecule has 150 valence electrons. The minimum atomic E-state index is -2.53. The summed E-state index contributed by atoms with van der Waals surface area (Å²) in [5.41, 5.74) is 5.68. The van der Waals surface area contributed by atoms with Crippen LogP contribution >= 0.6 is 7.80 Å². The first-order valence-corrected chi connectivity index (χ1v) is 11.3. The fourth-order valence-electron chi connectivity index (χ4n) is 3.61. The molecule has 0 N–H and O–H groups in total. The Balaban J connectivity index is 2.16. The molecule has 0 aliphatic heterocycles. The van der Waals surface area contributed by atoms with Crippen LogP contribution < -0.4 is 0 Å². The highest BCUT2D eigenvalue weighted by atomic mass is 31.1. The minimum absolute atomic E-state index is 0.0140. The lowest BCUT2D eigenvalue weighted by Gasteiger charge is -2.22. The third-order valence-corrected chi connectivity index (χ3v) is 6.68. The first kappa shape index (κ1) is 22.3. The second-order valence-corrected chi connectivity index (χ2v) is 10.5. The molecule has 0 aliphatic rings. The van der Waals surface area contributed by atoms with E-state index in [9.17, 15) is 14.2 Å². The van der Waals surface area contributed by atoms with Gasteiger partial charge in [0.2, 0.25) is 5.52 Å². The average Bonchev–Trinajstić information content (AvgIpc) is 2.57. The van der Waals surface area contributed by atoms with Crippen molar-refractivity contribution in [1.82, 2.24) is 0 Å². The normalized spacial score (nSPS) is 12.7. The maximum Gasteiger partial charge on any atom is 0.219 e. The Morgan fingerprint density at radius 2 is 1.36 bits per heavy atom. The van der Waals surface area contributed by atoms with Crippen LogP contribution in [0, 0.1) is 27.7 Å². The van der Waals surface area contributed by atoms with Crippen molar-refractivity contribution in [3.8, 4) is 0 Å². The Labute approximate surface area is 169 Å². The molecule has 28 heavy (non-hydrogen) atoms. The number of rotatable bonds is 6. The van der Waals surface area contributed by atoms with Gasteiger partial charge in [0, 0.05) is 23.7 Å². The number of carbonyl (C=O) groups excluding carboxylic acids is 2. The highest BCUT2D eigenvalue weighted by Crippen LogP contribution is 2.32. The van der Waals surface area contributed by atoms with E-state index in [2.05, 4.69) is 32.9 Å². The monoisotopic (exact) mass is 398 g/mol. The van der Waals surface area contributed by atoms with E-state index in [0.29, 0.717) is 11.1 Å². The summed E-state index contributed by atoms with van der Waals surface area (Å²) in [4.78, 5) is 25.5. The van der Waals surface area contributed by atoms with Crippen LogP contribution in [0.3, 0.4) is 0 Å². The number of carbonyl (C=O) groups is 2. The van der Waals surface area contributed by atoms with Crippen LogP contribution in [0.15, 0.2) is 30.3 Å². The summed E-state index contributed by atoms with van der Waals surface area (Å²) in [7, 11) is -2.53. The van der Waals surface area contributed by atoms with Gasteiger partial charge in [-0.15, -0.1) is 0 Å². The van der Waals surface area contributed by atoms with Gasteiger partial charge in [0.25, 0.3) is 0 Å². The van der Waals surface area contributed by atoms with Gasteiger partial charge in [-0.1, -0.05) is 51.1 Å². The Bertz CT molecular complexity index is 906. The molecule has 2 rings (SSSR count). The molecule has 0 saturated carbocycles. The molecule has 2 aromatic carbocycles. The van der Waals surface area contributed by atoms with Crippen LogP contribution in [0.5, 0.6) is 0 Å². The molecule has 0 aromatic heterocycles. The highest BCUT2D eigenvalue weighted by molar-refractivity contribution is 7.64. The van der Waals surface area contributed by atoms with Gasteiger partial charge in [-0.05, 0) is 60.9 Å². The van der Waals surface area contributed by atoms with Gasteiger partial charge in [-0.25, -0.2) is 0 Å². The molecule has 0 fully saturated rings. The van der Waals surface area contributed by atoms with Gasteiger partial charge < -0.3 is 4.57 Å². The quantitative estimate of drug-likeness (QED) is 0.430. The molecule has 0 amide bonds. The molecule has 0 saturated heterocycles. The Kier molecular flexibility index (Phi) is 6.83. The van der Waals surface area contributed by atoms with Crippen molar-refractivity contribution in [1.29, 1.82) is 0 Å². The molecule has 1 unspecified atom stereocenters. The zero-order valence-corrected chi connectivity index (χ0v) is 19.0. The first-order chi connectivity index (χ1) is 12.9. The summed E-state index contributed by atoms with van der Waals surface area (Å²) in [6.45, 7) is 14.0. The predicted octanol–water partition coefficient (Wildman–Crippen LogP) is 6.19. The number of benzene rings is 2. The maximum atomic E-state index is 12.8. The second-order valence-electron chi connectivity index (χ2n) is 8.68. The van der Waals surface area contributed by atoms with Crippen LogP contribution in [-0.2, 0) is 9.98 Å². The fraction of sp³-hybridized carbons (Fsp3) is 0.417. The largest absolute Gasteiger partial charge is 0.318 e. The molecule has 0 spiro atoms. The molecule has 0 bridgehead atoms. The summed E-state index contributed by atoms with van der Waals surface area (Å²) in [6.07, 6.45) is 0.251. The Morgan fingerprint density at radius 1 is 0.857 bits per heavy atom. The number of hydrogen-bond donors (Lipinski definition) is 0. The smallest absolute Gasteiger partial charge is 0.219 e. The van der Waals surface area contributed by atoms with Gasteiger partial charge in [0.15, 0.2) is 5.78 Å². The number of Topliss-reactive ketones (excluding diaryl/α,β-unsaturated/α-hetero) is 1. The Hall–Kier alpha value is -1.99. The van der Waals surface area contributed by atoms with Gasteiger partial charge in [0.05, 0.1) is 0 Å². The third kappa shape index (κ3) is 4.89. The van der Waals surface area contributed by atoms with E-state index in [0.717, 1.165) is 22.3 Å². The molecular weight excluding hydrogens is 367 g/mol. The van der Waals surface area contributed by atoms with Gasteiger partial charge in [-0.3, -0.25) is 9.59 Å². The van der Waals surface area contributed by atoms with Crippen LogP contribution in [0.25, 0.3) is 0 Å². The van der Waals surface area contributed by atoms with Crippen LogP contribution in [-0.4, -0.2) is 17.5 Å². The van der Waals surface area contributed by atoms with E-state index < -0.39 is 7.80 Å². The zero-order chi connectivity index (χ0) is 21.2. The molecule has 0 heterocycles. The topological polar surface area (TPSA) is 51.2 Å². The van der Waals surface area contributed by atoms with E-state index in [1.807, 2.05) is 45.9 Å². The second kappa shape index (κ2) is 8.57. The van der Waals surface area contributed by atoms with Crippen molar-refractivity contribution in [3.05, 3.63) is 69.3 Å². The van der Waals surface area contributed by atoms with Crippen molar-refractivity contribution in [2.75, 3.05) is 6.16 Å². The summed E-state index contributed by atoms with van der Waals surface area (Å²) in [5, 5.41) is 0. The van der Waals surface area contributed by atoms with Crippen LogP contribution in [0.4, 0.5) is 0 Å². The maximum absolute atomic E-state index is 12.8. The summed E-state index contributed by atoms with van der Waals surface area (Å²) < 4.78 is 12.6. The molecule has 4 heteroatoms. The van der Waals surface area contributed by atoms with Crippen molar-refractivity contribution in [2.45, 2.75) is 60.3 Å². The lowest BCUT2D eigenvalue weighted by Crippen LogP contribution is -2.14. The van der Waals surface area contributed by atoms with E-state index in [4.69, 9.17) is 0 Å². The number of aryl methyl sites for hydroxylation is 4. The van der Waals surface area contributed by atoms with Crippen LogP contribution in [0.1, 0.15) is 75.7 Å². The summed E-state index contributed by atoms with van der Waals surface area (Å²) in [6, 6.07) is 9.71. The van der Waals surface area contributed by atoms with E-state index in [-0.39, 0.29) is 29.3 Å².